The van der Waals surface area contributed by atoms with Crippen molar-refractivity contribution in [3.63, 3.8) is 0 Å². The van der Waals surface area contributed by atoms with Crippen molar-refractivity contribution in [3.8, 4) is 0 Å². The first-order valence-electron chi connectivity index (χ1n) is 8.75. The molecule has 1 fully saturated rings. The minimum Gasteiger partial charge on any atom is -0.379 e. The van der Waals surface area contributed by atoms with E-state index in [4.69, 9.17) is 4.74 Å². The molecule has 25 heavy (non-hydrogen) atoms. The number of hydrogen-bond acceptors (Lipinski definition) is 5. The van der Waals surface area contributed by atoms with Crippen molar-refractivity contribution in [1.29, 1.82) is 0 Å². The Bertz CT molecular complexity index is 664. The van der Waals surface area contributed by atoms with Crippen LogP contribution in [-0.2, 0) is 26.0 Å². The molecule has 0 bridgehead atoms. The van der Waals surface area contributed by atoms with Crippen LogP contribution in [0.5, 0.6) is 0 Å². The van der Waals surface area contributed by atoms with Crippen LogP contribution in [0.1, 0.15) is 38.5 Å². The zero-order valence-electron chi connectivity index (χ0n) is 15.2. The Kier molecular flexibility index (Phi) is 7.42. The van der Waals surface area contributed by atoms with Crippen molar-refractivity contribution < 1.29 is 17.9 Å². The van der Waals surface area contributed by atoms with Crippen molar-refractivity contribution >= 4 is 27.3 Å². The number of amides is 1. The molecule has 1 aliphatic rings. The average Bonchev–Trinajstić information content (AvgIpc) is 3.03. The molecule has 0 radical (unpaired) electrons. The van der Waals surface area contributed by atoms with Gasteiger partial charge < -0.3 is 10.1 Å². The van der Waals surface area contributed by atoms with E-state index in [1.165, 1.54) is 15.6 Å². The number of carbonyl (C=O) groups excluding carboxylic acids is 1. The van der Waals surface area contributed by atoms with E-state index < -0.39 is 10.0 Å². The minimum absolute atomic E-state index is 0.0616. The molecule has 0 aromatic carbocycles. The molecular formula is C17H28N2O4S2. The molecule has 1 amide bonds. The van der Waals surface area contributed by atoms with Crippen LogP contribution in [0, 0.1) is 5.92 Å². The molecule has 1 aliphatic heterocycles. The number of nitrogens with one attached hydrogen (secondary N) is 1. The third-order valence-corrected chi connectivity index (χ3v) is 7.57. The van der Waals surface area contributed by atoms with Gasteiger partial charge in [0.25, 0.3) is 10.0 Å². The lowest BCUT2D eigenvalue weighted by Gasteiger charge is -2.25. The van der Waals surface area contributed by atoms with Crippen LogP contribution in [-0.4, -0.2) is 51.0 Å². The second kappa shape index (κ2) is 9.12. The van der Waals surface area contributed by atoms with E-state index in [1.54, 1.807) is 12.1 Å². The molecule has 2 heterocycles. The number of rotatable bonds is 8. The Hall–Kier alpha value is -0.960. The van der Waals surface area contributed by atoms with E-state index in [2.05, 4.69) is 19.2 Å². The van der Waals surface area contributed by atoms with Gasteiger partial charge in [-0.15, -0.1) is 11.3 Å². The van der Waals surface area contributed by atoms with E-state index >= 15 is 0 Å². The summed E-state index contributed by atoms with van der Waals surface area (Å²) in [4.78, 5) is 12.9. The maximum atomic E-state index is 12.6. The van der Waals surface area contributed by atoms with Crippen molar-refractivity contribution in [1.82, 2.24) is 9.62 Å². The standard InChI is InChI=1S/C17H28N2O4S2/c1-13(2)4-5-14(3)18-16(20)12-15-6-7-17(24-15)25(21,22)19-8-10-23-11-9-19/h6-7,13-14H,4-5,8-12H2,1-3H3,(H,18,20)/t14-/m1/s1. The van der Waals surface area contributed by atoms with Crippen molar-refractivity contribution in [2.45, 2.75) is 50.3 Å². The van der Waals surface area contributed by atoms with Gasteiger partial charge in [-0.05, 0) is 37.8 Å². The molecule has 2 rings (SSSR count). The summed E-state index contributed by atoms with van der Waals surface area (Å²) in [6.45, 7) is 7.94. The Labute approximate surface area is 154 Å². The maximum Gasteiger partial charge on any atom is 0.252 e. The summed E-state index contributed by atoms with van der Waals surface area (Å²) in [6, 6.07) is 3.46. The molecule has 1 aromatic heterocycles. The van der Waals surface area contributed by atoms with Gasteiger partial charge in [0.05, 0.1) is 19.6 Å². The van der Waals surface area contributed by atoms with Gasteiger partial charge in [0.2, 0.25) is 5.91 Å². The van der Waals surface area contributed by atoms with Gasteiger partial charge in [-0.2, -0.15) is 4.31 Å². The smallest absolute Gasteiger partial charge is 0.252 e. The molecule has 1 aromatic rings. The zero-order chi connectivity index (χ0) is 18.4. The molecule has 1 atom stereocenters. The largest absolute Gasteiger partial charge is 0.379 e. The van der Waals surface area contributed by atoms with E-state index in [1.807, 2.05) is 6.92 Å². The first-order valence-corrected chi connectivity index (χ1v) is 11.0. The lowest BCUT2D eigenvalue weighted by molar-refractivity contribution is -0.121. The Morgan fingerprint density at radius 1 is 1.24 bits per heavy atom. The Morgan fingerprint density at radius 3 is 2.56 bits per heavy atom. The van der Waals surface area contributed by atoms with Gasteiger partial charge in [-0.1, -0.05) is 13.8 Å². The lowest BCUT2D eigenvalue weighted by Crippen LogP contribution is -2.40. The number of carbonyl (C=O) groups is 1. The highest BCUT2D eigenvalue weighted by atomic mass is 32.2. The SMILES string of the molecule is CC(C)CC[C@@H](C)NC(=O)Cc1ccc(S(=O)(=O)N2CCOCC2)s1. The van der Waals surface area contributed by atoms with Crippen LogP contribution in [0.2, 0.25) is 0 Å². The third-order valence-electron chi connectivity index (χ3n) is 4.12. The predicted molar refractivity (Wildman–Crippen MR) is 99.3 cm³/mol. The quantitative estimate of drug-likeness (QED) is 0.741. The van der Waals surface area contributed by atoms with Gasteiger partial charge in [0, 0.05) is 24.0 Å². The summed E-state index contributed by atoms with van der Waals surface area (Å²) in [6.07, 6.45) is 2.24. The first kappa shape index (κ1) is 20.4. The van der Waals surface area contributed by atoms with Crippen LogP contribution in [0.25, 0.3) is 0 Å². The number of sulfonamides is 1. The topological polar surface area (TPSA) is 75.7 Å². The van der Waals surface area contributed by atoms with Gasteiger partial charge in [-0.3, -0.25) is 4.79 Å². The van der Waals surface area contributed by atoms with Crippen molar-refractivity contribution in [2.24, 2.45) is 5.92 Å². The first-order chi connectivity index (χ1) is 11.8. The predicted octanol–water partition coefficient (Wildman–Crippen LogP) is 2.25. The molecule has 0 saturated carbocycles. The third kappa shape index (κ3) is 6.06. The fourth-order valence-electron chi connectivity index (χ4n) is 2.65. The van der Waals surface area contributed by atoms with Crippen LogP contribution >= 0.6 is 11.3 Å². The van der Waals surface area contributed by atoms with Crippen LogP contribution in [0.15, 0.2) is 16.3 Å². The maximum absolute atomic E-state index is 12.6. The van der Waals surface area contributed by atoms with E-state index in [9.17, 15) is 13.2 Å². The molecule has 6 nitrogen and oxygen atoms in total. The van der Waals surface area contributed by atoms with E-state index in [-0.39, 0.29) is 18.4 Å². The summed E-state index contributed by atoms with van der Waals surface area (Å²) >= 11 is 1.18. The molecule has 0 unspecified atom stereocenters. The van der Waals surface area contributed by atoms with Gasteiger partial charge >= 0.3 is 0 Å². The number of hydrogen-bond donors (Lipinski definition) is 1. The van der Waals surface area contributed by atoms with Crippen LogP contribution in [0.4, 0.5) is 0 Å². The highest BCUT2D eigenvalue weighted by Crippen LogP contribution is 2.26. The minimum atomic E-state index is -3.48. The normalized spacial score (nSPS) is 17.6. The number of thiophene rings is 1. The fourth-order valence-corrected chi connectivity index (χ4v) is 5.56. The monoisotopic (exact) mass is 388 g/mol. The van der Waals surface area contributed by atoms with Crippen molar-refractivity contribution in [2.75, 3.05) is 26.3 Å². The van der Waals surface area contributed by atoms with Crippen LogP contribution < -0.4 is 5.32 Å². The van der Waals surface area contributed by atoms with Crippen molar-refractivity contribution in [3.05, 3.63) is 17.0 Å². The second-order valence-electron chi connectivity index (χ2n) is 6.85. The average molecular weight is 389 g/mol. The summed E-state index contributed by atoms with van der Waals surface area (Å²) < 4.78 is 32.1. The summed E-state index contributed by atoms with van der Waals surface area (Å²) in [5, 5.41) is 2.99. The summed E-state index contributed by atoms with van der Waals surface area (Å²) in [5.74, 6) is 0.554. The Morgan fingerprint density at radius 2 is 1.92 bits per heavy atom. The highest BCUT2D eigenvalue weighted by molar-refractivity contribution is 7.91. The van der Waals surface area contributed by atoms with Gasteiger partial charge in [0.15, 0.2) is 0 Å². The highest BCUT2D eigenvalue weighted by Gasteiger charge is 2.27. The molecule has 0 aliphatic carbocycles. The second-order valence-corrected chi connectivity index (χ2v) is 10.2. The number of morpholine rings is 1. The molecule has 8 heteroatoms. The fraction of sp³-hybridized carbons (Fsp3) is 0.706. The van der Waals surface area contributed by atoms with Crippen LogP contribution in [0.3, 0.4) is 0 Å². The number of ether oxygens (including phenoxy) is 1. The molecular weight excluding hydrogens is 360 g/mol. The molecule has 1 N–H and O–H groups in total. The molecule has 0 spiro atoms. The van der Waals surface area contributed by atoms with Gasteiger partial charge in [-0.25, -0.2) is 8.42 Å². The molecule has 1 saturated heterocycles. The lowest BCUT2D eigenvalue weighted by atomic mass is 10.0. The molecule has 142 valence electrons. The zero-order valence-corrected chi connectivity index (χ0v) is 16.8. The Balaban J connectivity index is 1.91. The summed E-state index contributed by atoms with van der Waals surface area (Å²) in [7, 11) is -3.48. The number of nitrogens with zero attached hydrogens (tertiary/aromatic N) is 1. The van der Waals surface area contributed by atoms with Gasteiger partial charge in [0.1, 0.15) is 4.21 Å². The van der Waals surface area contributed by atoms with E-state index in [0.717, 1.165) is 17.7 Å². The summed E-state index contributed by atoms with van der Waals surface area (Å²) in [5.41, 5.74) is 0. The van der Waals surface area contributed by atoms with E-state index in [0.29, 0.717) is 36.4 Å².